The van der Waals surface area contributed by atoms with Crippen LogP contribution < -0.4 is 10.6 Å². The Bertz CT molecular complexity index is 233. The summed E-state index contributed by atoms with van der Waals surface area (Å²) in [5, 5.41) is 6.38. The van der Waals surface area contributed by atoms with Crippen molar-refractivity contribution < 1.29 is 9.53 Å². The van der Waals surface area contributed by atoms with Crippen LogP contribution >= 0.6 is 0 Å². The minimum absolute atomic E-state index is 0.000486. The van der Waals surface area contributed by atoms with Gasteiger partial charge >= 0.3 is 6.09 Å². The molecule has 0 aromatic heterocycles. The van der Waals surface area contributed by atoms with Gasteiger partial charge in [-0.1, -0.05) is 12.8 Å². The molecule has 4 heteroatoms. The van der Waals surface area contributed by atoms with E-state index in [4.69, 9.17) is 4.74 Å². The molecule has 2 rings (SSSR count). The highest BCUT2D eigenvalue weighted by molar-refractivity contribution is 5.68. The van der Waals surface area contributed by atoms with E-state index in [1.54, 1.807) is 0 Å². The number of hydrogen-bond acceptors (Lipinski definition) is 3. The molecule has 0 unspecified atom stereocenters. The first-order chi connectivity index (χ1) is 7.24. The van der Waals surface area contributed by atoms with Gasteiger partial charge in [0.1, 0.15) is 0 Å². The van der Waals surface area contributed by atoms with Gasteiger partial charge in [-0.2, -0.15) is 0 Å². The molecule has 1 aliphatic heterocycles. The van der Waals surface area contributed by atoms with E-state index < -0.39 is 0 Å². The highest BCUT2D eigenvalue weighted by Crippen LogP contribution is 2.39. The van der Waals surface area contributed by atoms with Crippen LogP contribution in [0.3, 0.4) is 0 Å². The SMILES string of the molecule is COC(=O)NC1(CC2CC2)CCNCC1. The maximum Gasteiger partial charge on any atom is 0.407 e. The highest BCUT2D eigenvalue weighted by atomic mass is 16.5. The molecule has 0 radical (unpaired) electrons. The molecule has 0 aromatic rings. The van der Waals surface area contributed by atoms with E-state index in [0.717, 1.165) is 38.3 Å². The first-order valence-corrected chi connectivity index (χ1v) is 5.81. The van der Waals surface area contributed by atoms with Gasteiger partial charge < -0.3 is 15.4 Å². The summed E-state index contributed by atoms with van der Waals surface area (Å²) in [4.78, 5) is 11.3. The third-order valence-electron chi connectivity index (χ3n) is 3.49. The molecule has 0 aromatic carbocycles. The van der Waals surface area contributed by atoms with E-state index >= 15 is 0 Å². The number of carbonyl (C=O) groups excluding carboxylic acids is 1. The van der Waals surface area contributed by atoms with Gasteiger partial charge in [0.25, 0.3) is 0 Å². The van der Waals surface area contributed by atoms with Crippen LogP contribution in [0.25, 0.3) is 0 Å². The first kappa shape index (κ1) is 10.7. The first-order valence-electron chi connectivity index (χ1n) is 5.81. The van der Waals surface area contributed by atoms with Gasteiger partial charge in [-0.05, 0) is 38.3 Å². The molecule has 2 aliphatic rings. The van der Waals surface area contributed by atoms with Crippen molar-refractivity contribution in [2.45, 2.75) is 37.6 Å². The predicted octanol–water partition coefficient (Wildman–Crippen LogP) is 1.26. The summed E-state index contributed by atoms with van der Waals surface area (Å²) < 4.78 is 4.71. The summed E-state index contributed by atoms with van der Waals surface area (Å²) >= 11 is 0. The van der Waals surface area contributed by atoms with Gasteiger partial charge in [0, 0.05) is 5.54 Å². The lowest BCUT2D eigenvalue weighted by molar-refractivity contribution is 0.140. The molecule has 0 atom stereocenters. The van der Waals surface area contributed by atoms with Crippen molar-refractivity contribution in [3.63, 3.8) is 0 Å². The largest absolute Gasteiger partial charge is 0.453 e. The standard InChI is InChI=1S/C11H20N2O2/c1-15-10(14)13-11(8-9-2-3-9)4-6-12-7-5-11/h9,12H,2-8H2,1H3,(H,13,14). The molecule has 4 nitrogen and oxygen atoms in total. The molecule has 1 amide bonds. The zero-order valence-corrected chi connectivity index (χ0v) is 9.34. The lowest BCUT2D eigenvalue weighted by atomic mass is 9.83. The fourth-order valence-corrected chi connectivity index (χ4v) is 2.43. The van der Waals surface area contributed by atoms with Gasteiger partial charge in [0.05, 0.1) is 7.11 Å². The van der Waals surface area contributed by atoms with Gasteiger partial charge in [0.2, 0.25) is 0 Å². The molecule has 0 spiro atoms. The van der Waals surface area contributed by atoms with E-state index in [9.17, 15) is 4.79 Å². The Labute approximate surface area is 90.8 Å². The quantitative estimate of drug-likeness (QED) is 0.740. The van der Waals surface area contributed by atoms with Gasteiger partial charge in [0.15, 0.2) is 0 Å². The zero-order valence-electron chi connectivity index (χ0n) is 9.34. The molecule has 1 heterocycles. The van der Waals surface area contributed by atoms with Gasteiger partial charge in [-0.25, -0.2) is 4.79 Å². The monoisotopic (exact) mass is 212 g/mol. The summed E-state index contributed by atoms with van der Waals surface area (Å²) in [7, 11) is 1.43. The van der Waals surface area contributed by atoms with Crippen molar-refractivity contribution >= 4 is 6.09 Å². The second kappa shape index (κ2) is 4.39. The molecular formula is C11H20N2O2. The molecule has 1 saturated carbocycles. The minimum Gasteiger partial charge on any atom is -0.453 e. The molecular weight excluding hydrogens is 192 g/mol. The van der Waals surface area contributed by atoms with Crippen molar-refractivity contribution in [1.29, 1.82) is 0 Å². The Morgan fingerprint density at radius 3 is 2.67 bits per heavy atom. The van der Waals surface area contributed by atoms with Crippen molar-refractivity contribution in [2.75, 3.05) is 20.2 Å². The summed E-state index contributed by atoms with van der Waals surface area (Å²) in [5.74, 6) is 0.834. The van der Waals surface area contributed by atoms with E-state index in [1.165, 1.54) is 20.0 Å². The number of piperidine rings is 1. The Kier molecular flexibility index (Phi) is 3.14. The molecule has 86 valence electrons. The Morgan fingerprint density at radius 1 is 1.47 bits per heavy atom. The smallest absolute Gasteiger partial charge is 0.407 e. The summed E-state index contributed by atoms with van der Waals surface area (Å²) in [6.45, 7) is 1.99. The minimum atomic E-state index is -0.280. The fourth-order valence-electron chi connectivity index (χ4n) is 2.43. The van der Waals surface area contributed by atoms with Crippen LogP contribution in [0.5, 0.6) is 0 Å². The topological polar surface area (TPSA) is 50.4 Å². The molecule has 0 bridgehead atoms. The van der Waals surface area contributed by atoms with E-state index in [1.807, 2.05) is 0 Å². The van der Waals surface area contributed by atoms with Crippen LogP contribution in [0.15, 0.2) is 0 Å². The zero-order chi connectivity index (χ0) is 10.7. The van der Waals surface area contributed by atoms with E-state index in [-0.39, 0.29) is 11.6 Å². The Hall–Kier alpha value is -0.770. The molecule has 15 heavy (non-hydrogen) atoms. The predicted molar refractivity (Wildman–Crippen MR) is 57.7 cm³/mol. The Balaban J connectivity index is 1.95. The van der Waals surface area contributed by atoms with E-state index in [2.05, 4.69) is 10.6 Å². The maximum atomic E-state index is 11.3. The van der Waals surface area contributed by atoms with Crippen LogP contribution in [-0.2, 0) is 4.74 Å². The lowest BCUT2D eigenvalue weighted by Crippen LogP contribution is -2.54. The molecule has 1 saturated heterocycles. The van der Waals surface area contributed by atoms with Crippen LogP contribution in [0, 0.1) is 5.92 Å². The number of rotatable bonds is 3. The Morgan fingerprint density at radius 2 is 2.13 bits per heavy atom. The number of amides is 1. The second-order valence-corrected chi connectivity index (χ2v) is 4.79. The number of methoxy groups -OCH3 is 1. The van der Waals surface area contributed by atoms with Gasteiger partial charge in [-0.15, -0.1) is 0 Å². The van der Waals surface area contributed by atoms with Crippen molar-refractivity contribution in [3.05, 3.63) is 0 Å². The van der Waals surface area contributed by atoms with Crippen LogP contribution in [0.4, 0.5) is 4.79 Å². The third-order valence-corrected chi connectivity index (χ3v) is 3.49. The molecule has 1 aliphatic carbocycles. The summed E-state index contributed by atoms with van der Waals surface area (Å²) in [5.41, 5.74) is -0.000486. The lowest BCUT2D eigenvalue weighted by Gasteiger charge is -2.38. The normalized spacial score (nSPS) is 24.6. The summed E-state index contributed by atoms with van der Waals surface area (Å²) in [6.07, 6.45) is 5.56. The van der Waals surface area contributed by atoms with Crippen molar-refractivity contribution in [1.82, 2.24) is 10.6 Å². The van der Waals surface area contributed by atoms with Crippen LogP contribution in [0.2, 0.25) is 0 Å². The average Bonchev–Trinajstić information content (AvgIpc) is 3.02. The van der Waals surface area contributed by atoms with E-state index in [0.29, 0.717) is 0 Å². The van der Waals surface area contributed by atoms with Crippen LogP contribution in [-0.4, -0.2) is 31.8 Å². The molecule has 2 fully saturated rings. The number of ether oxygens (including phenoxy) is 1. The van der Waals surface area contributed by atoms with Gasteiger partial charge in [-0.3, -0.25) is 0 Å². The number of alkyl carbamates (subject to hydrolysis) is 1. The second-order valence-electron chi connectivity index (χ2n) is 4.79. The maximum absolute atomic E-state index is 11.3. The molecule has 2 N–H and O–H groups in total. The summed E-state index contributed by atoms with van der Waals surface area (Å²) in [6, 6.07) is 0. The number of nitrogens with one attached hydrogen (secondary N) is 2. The fraction of sp³-hybridized carbons (Fsp3) is 0.909. The van der Waals surface area contributed by atoms with Crippen LogP contribution in [0.1, 0.15) is 32.1 Å². The third kappa shape index (κ3) is 2.84. The average molecular weight is 212 g/mol. The van der Waals surface area contributed by atoms with Crippen molar-refractivity contribution in [3.8, 4) is 0 Å². The highest BCUT2D eigenvalue weighted by Gasteiger charge is 2.39. The number of hydrogen-bond donors (Lipinski definition) is 2. The number of carbonyl (C=O) groups is 1. The van der Waals surface area contributed by atoms with Crippen molar-refractivity contribution in [2.24, 2.45) is 5.92 Å².